The second-order valence-corrected chi connectivity index (χ2v) is 6.02. The van der Waals surface area contributed by atoms with E-state index in [2.05, 4.69) is 4.99 Å². The van der Waals surface area contributed by atoms with Gasteiger partial charge in [0.25, 0.3) is 0 Å². The smallest absolute Gasteiger partial charge is 0.318 e. The van der Waals surface area contributed by atoms with Crippen molar-refractivity contribution in [3.8, 4) is 0 Å². The average molecular weight is 317 g/mol. The first-order chi connectivity index (χ1) is 10.9. The van der Waals surface area contributed by atoms with Gasteiger partial charge in [0.05, 0.1) is 6.61 Å². The van der Waals surface area contributed by atoms with Crippen LogP contribution in [0.2, 0.25) is 0 Å². The SMILES string of the molecule is CCCCOC(=O)[C@H]1C(C)=N[C@@]2(O)c3ccccc3C(=O)[C@@]12O. The Morgan fingerprint density at radius 3 is 2.74 bits per heavy atom. The number of carbonyl (C=O) groups is 2. The van der Waals surface area contributed by atoms with Crippen LogP contribution in [-0.2, 0) is 15.3 Å². The van der Waals surface area contributed by atoms with Crippen molar-refractivity contribution in [2.45, 2.75) is 38.0 Å². The van der Waals surface area contributed by atoms with Crippen molar-refractivity contribution in [3.63, 3.8) is 0 Å². The van der Waals surface area contributed by atoms with Gasteiger partial charge in [-0.05, 0) is 13.3 Å². The topological polar surface area (TPSA) is 96.2 Å². The quantitative estimate of drug-likeness (QED) is 0.642. The summed E-state index contributed by atoms with van der Waals surface area (Å²) >= 11 is 0. The Hall–Kier alpha value is -2.05. The molecular weight excluding hydrogens is 298 g/mol. The summed E-state index contributed by atoms with van der Waals surface area (Å²) in [6.45, 7) is 3.67. The number of hydrogen-bond acceptors (Lipinski definition) is 6. The van der Waals surface area contributed by atoms with E-state index in [0.29, 0.717) is 6.42 Å². The Kier molecular flexibility index (Phi) is 3.61. The van der Waals surface area contributed by atoms with Crippen LogP contribution in [0.25, 0.3) is 0 Å². The van der Waals surface area contributed by atoms with E-state index < -0.39 is 29.0 Å². The molecule has 2 N–H and O–H groups in total. The number of Topliss-reactive ketones (excluding diaryl/α,β-unsaturated/α-hetero) is 1. The molecule has 0 amide bonds. The monoisotopic (exact) mass is 317 g/mol. The summed E-state index contributed by atoms with van der Waals surface area (Å²) in [5.41, 5.74) is -3.89. The second-order valence-electron chi connectivity index (χ2n) is 6.02. The van der Waals surface area contributed by atoms with E-state index in [1.807, 2.05) is 6.92 Å². The fourth-order valence-corrected chi connectivity index (χ4v) is 3.40. The Morgan fingerprint density at radius 2 is 2.04 bits per heavy atom. The third-order valence-corrected chi connectivity index (χ3v) is 4.58. The number of aliphatic hydroxyl groups is 2. The Balaban J connectivity index is 2.03. The molecule has 122 valence electrons. The second kappa shape index (κ2) is 5.25. The number of aliphatic imine (C=N–C) groups is 1. The van der Waals surface area contributed by atoms with Gasteiger partial charge in [-0.15, -0.1) is 0 Å². The lowest BCUT2D eigenvalue weighted by Gasteiger charge is -2.31. The zero-order chi connectivity index (χ0) is 16.8. The van der Waals surface area contributed by atoms with Crippen LogP contribution in [0.4, 0.5) is 0 Å². The molecule has 3 rings (SSSR count). The number of unbranched alkanes of at least 4 members (excludes halogenated alkanes) is 1. The van der Waals surface area contributed by atoms with Crippen molar-refractivity contribution < 1.29 is 24.5 Å². The fraction of sp³-hybridized carbons (Fsp3) is 0.471. The van der Waals surface area contributed by atoms with Crippen LogP contribution in [-0.4, -0.2) is 39.9 Å². The zero-order valence-corrected chi connectivity index (χ0v) is 13.1. The van der Waals surface area contributed by atoms with Gasteiger partial charge in [-0.3, -0.25) is 14.6 Å². The van der Waals surface area contributed by atoms with Gasteiger partial charge in [0, 0.05) is 16.8 Å². The van der Waals surface area contributed by atoms with Crippen LogP contribution in [0, 0.1) is 5.92 Å². The molecule has 0 radical (unpaired) electrons. The average Bonchev–Trinajstić information content (AvgIpc) is 2.83. The van der Waals surface area contributed by atoms with E-state index in [-0.39, 0.29) is 23.4 Å². The molecule has 1 aliphatic heterocycles. The van der Waals surface area contributed by atoms with Gasteiger partial charge in [-0.2, -0.15) is 0 Å². The van der Waals surface area contributed by atoms with Gasteiger partial charge in [-0.25, -0.2) is 0 Å². The molecule has 1 aromatic carbocycles. The van der Waals surface area contributed by atoms with E-state index in [9.17, 15) is 19.8 Å². The predicted octanol–water partition coefficient (Wildman–Crippen LogP) is 1.19. The molecule has 0 saturated heterocycles. The third kappa shape index (κ3) is 1.91. The molecular formula is C17H19NO5. The number of hydrogen-bond donors (Lipinski definition) is 2. The highest BCUT2D eigenvalue weighted by atomic mass is 16.5. The third-order valence-electron chi connectivity index (χ3n) is 4.58. The van der Waals surface area contributed by atoms with Crippen LogP contribution in [0.15, 0.2) is 29.3 Å². The predicted molar refractivity (Wildman–Crippen MR) is 82.1 cm³/mol. The number of rotatable bonds is 4. The first kappa shape index (κ1) is 15.8. The minimum Gasteiger partial charge on any atom is -0.465 e. The first-order valence-electron chi connectivity index (χ1n) is 7.70. The minimum absolute atomic E-state index is 0.181. The van der Waals surface area contributed by atoms with E-state index in [1.54, 1.807) is 12.1 Å². The molecule has 0 spiro atoms. The molecule has 0 saturated carbocycles. The van der Waals surface area contributed by atoms with Crippen LogP contribution in [0.5, 0.6) is 0 Å². The normalized spacial score (nSPS) is 31.6. The summed E-state index contributed by atoms with van der Waals surface area (Å²) in [7, 11) is 0. The number of fused-ring (bicyclic) bond motifs is 3. The standard InChI is InChI=1S/C17H19NO5/c1-3-4-9-23-15(20)13-10(2)18-17(22)12-8-6-5-7-11(12)14(19)16(13,17)21/h5-8,13,21-22H,3-4,9H2,1-2H3/t13-,16+,17-/m1/s1. The molecule has 23 heavy (non-hydrogen) atoms. The highest BCUT2D eigenvalue weighted by molar-refractivity contribution is 6.18. The van der Waals surface area contributed by atoms with Gasteiger partial charge in [0.15, 0.2) is 5.60 Å². The summed E-state index contributed by atoms with van der Waals surface area (Å²) in [5.74, 6) is -2.74. The van der Waals surface area contributed by atoms with Crippen molar-refractivity contribution >= 4 is 17.5 Å². The highest BCUT2D eigenvalue weighted by Gasteiger charge is 2.72. The summed E-state index contributed by atoms with van der Waals surface area (Å²) in [6, 6.07) is 6.33. The summed E-state index contributed by atoms with van der Waals surface area (Å²) in [4.78, 5) is 29.2. The molecule has 0 bridgehead atoms. The minimum atomic E-state index is -2.34. The molecule has 3 atom stereocenters. The Labute approximate surface area is 133 Å². The van der Waals surface area contributed by atoms with Crippen LogP contribution in [0.1, 0.15) is 42.6 Å². The number of ether oxygens (including phenoxy) is 1. The number of carbonyl (C=O) groups excluding carboxylic acids is 2. The summed E-state index contributed by atoms with van der Waals surface area (Å²) in [6.07, 6.45) is 1.54. The molecule has 1 heterocycles. The van der Waals surface area contributed by atoms with Crippen molar-refractivity contribution in [1.29, 1.82) is 0 Å². The number of esters is 1. The number of nitrogens with zero attached hydrogens (tertiary/aromatic N) is 1. The van der Waals surface area contributed by atoms with Crippen molar-refractivity contribution in [3.05, 3.63) is 35.4 Å². The van der Waals surface area contributed by atoms with Gasteiger partial charge < -0.3 is 14.9 Å². The number of ketones is 1. The van der Waals surface area contributed by atoms with E-state index in [4.69, 9.17) is 4.74 Å². The molecule has 0 aromatic heterocycles. The summed E-state index contributed by atoms with van der Waals surface area (Å²) in [5, 5.41) is 21.9. The molecule has 2 aliphatic rings. The lowest BCUT2D eigenvalue weighted by Crippen LogP contribution is -2.56. The van der Waals surface area contributed by atoms with Crippen molar-refractivity contribution in [2.24, 2.45) is 10.9 Å². The molecule has 1 aliphatic carbocycles. The Morgan fingerprint density at radius 1 is 1.35 bits per heavy atom. The lowest BCUT2D eigenvalue weighted by atomic mass is 9.79. The van der Waals surface area contributed by atoms with Gasteiger partial charge >= 0.3 is 5.97 Å². The molecule has 6 heteroatoms. The number of benzene rings is 1. The highest BCUT2D eigenvalue weighted by Crippen LogP contribution is 2.53. The lowest BCUT2D eigenvalue weighted by molar-refractivity contribution is -0.165. The molecule has 1 aromatic rings. The fourth-order valence-electron chi connectivity index (χ4n) is 3.40. The maximum atomic E-state index is 12.7. The zero-order valence-electron chi connectivity index (χ0n) is 13.1. The maximum absolute atomic E-state index is 12.7. The van der Waals surface area contributed by atoms with Crippen molar-refractivity contribution in [1.82, 2.24) is 0 Å². The van der Waals surface area contributed by atoms with Gasteiger partial charge in [0.1, 0.15) is 5.92 Å². The van der Waals surface area contributed by atoms with Gasteiger partial charge in [-0.1, -0.05) is 37.6 Å². The molecule has 0 fully saturated rings. The van der Waals surface area contributed by atoms with Crippen LogP contribution in [0.3, 0.4) is 0 Å². The first-order valence-corrected chi connectivity index (χ1v) is 7.70. The van der Waals surface area contributed by atoms with E-state index in [1.165, 1.54) is 19.1 Å². The van der Waals surface area contributed by atoms with E-state index >= 15 is 0 Å². The van der Waals surface area contributed by atoms with Crippen LogP contribution >= 0.6 is 0 Å². The maximum Gasteiger partial charge on any atom is 0.318 e. The molecule has 0 unspecified atom stereocenters. The summed E-state index contributed by atoms with van der Waals surface area (Å²) < 4.78 is 5.16. The molecule has 6 nitrogen and oxygen atoms in total. The van der Waals surface area contributed by atoms with Crippen molar-refractivity contribution in [2.75, 3.05) is 6.61 Å². The van der Waals surface area contributed by atoms with E-state index in [0.717, 1.165) is 6.42 Å². The Bertz CT molecular complexity index is 713. The van der Waals surface area contributed by atoms with Crippen LogP contribution < -0.4 is 0 Å². The van der Waals surface area contributed by atoms with Gasteiger partial charge in [0.2, 0.25) is 11.5 Å². The largest absolute Gasteiger partial charge is 0.465 e.